The van der Waals surface area contributed by atoms with Crippen molar-refractivity contribution in [3.8, 4) is 0 Å². The molecule has 3 aromatic rings. The lowest BCUT2D eigenvalue weighted by Gasteiger charge is -2.05. The molecule has 1 N–H and O–H groups in total. The van der Waals surface area contributed by atoms with Crippen LogP contribution in [0.1, 0.15) is 48.5 Å². The molecule has 0 spiro atoms. The smallest absolute Gasteiger partial charge is 0.342 e. The number of fused-ring (bicyclic) bond motifs is 1. The summed E-state index contributed by atoms with van der Waals surface area (Å²) < 4.78 is 16.5. The monoisotopic (exact) mass is 388 g/mol. The maximum absolute atomic E-state index is 12.8. The van der Waals surface area contributed by atoms with Gasteiger partial charge in [-0.25, -0.2) is 9.78 Å². The van der Waals surface area contributed by atoms with Crippen LogP contribution in [0.3, 0.4) is 0 Å². The molecule has 0 bridgehead atoms. The third-order valence-corrected chi connectivity index (χ3v) is 4.03. The number of nitrogens with one attached hydrogen (secondary N) is 1. The van der Waals surface area contributed by atoms with E-state index in [1.165, 1.54) is 6.33 Å². The molecular formula is C18H20N4O6. The van der Waals surface area contributed by atoms with Gasteiger partial charge in [-0.3, -0.25) is 19.5 Å². The predicted octanol–water partition coefficient (Wildman–Crippen LogP) is 2.22. The summed E-state index contributed by atoms with van der Waals surface area (Å²) in [4.78, 5) is 41.3. The lowest BCUT2D eigenvalue weighted by atomic mass is 10.1. The number of esters is 1. The average molecular weight is 388 g/mol. The summed E-state index contributed by atoms with van der Waals surface area (Å²) in [5.74, 6) is -0.630. The number of ether oxygens (including phenoxy) is 1. The first-order chi connectivity index (χ1) is 13.3. The van der Waals surface area contributed by atoms with E-state index in [4.69, 9.17) is 13.7 Å². The third-order valence-electron chi connectivity index (χ3n) is 4.03. The Labute approximate surface area is 159 Å². The van der Waals surface area contributed by atoms with Gasteiger partial charge in [0.15, 0.2) is 0 Å². The van der Waals surface area contributed by atoms with Crippen LogP contribution < -0.4 is 10.9 Å². The number of furan rings is 1. The fraction of sp³-hybridized carbons (Fsp3) is 0.389. The van der Waals surface area contributed by atoms with E-state index in [-0.39, 0.29) is 47.4 Å². The van der Waals surface area contributed by atoms with Gasteiger partial charge in [0.05, 0.1) is 12.3 Å². The molecule has 3 rings (SSSR count). The van der Waals surface area contributed by atoms with Crippen LogP contribution >= 0.6 is 0 Å². The van der Waals surface area contributed by atoms with Gasteiger partial charge in [-0.1, -0.05) is 19.0 Å². The average Bonchev–Trinajstić information content (AvgIpc) is 3.22. The molecule has 1 amide bonds. The van der Waals surface area contributed by atoms with Crippen molar-refractivity contribution in [2.45, 2.75) is 40.2 Å². The van der Waals surface area contributed by atoms with Crippen LogP contribution in [0.25, 0.3) is 11.1 Å². The van der Waals surface area contributed by atoms with Crippen LogP contribution in [-0.4, -0.2) is 33.2 Å². The molecule has 28 heavy (non-hydrogen) atoms. The van der Waals surface area contributed by atoms with Crippen molar-refractivity contribution in [3.63, 3.8) is 0 Å². The van der Waals surface area contributed by atoms with E-state index in [0.717, 1.165) is 4.57 Å². The highest BCUT2D eigenvalue weighted by atomic mass is 16.5. The summed E-state index contributed by atoms with van der Waals surface area (Å²) in [6, 6.07) is 1.62. The van der Waals surface area contributed by atoms with Gasteiger partial charge in [0.25, 0.3) is 5.56 Å². The zero-order valence-electron chi connectivity index (χ0n) is 15.9. The van der Waals surface area contributed by atoms with Gasteiger partial charge < -0.3 is 13.7 Å². The summed E-state index contributed by atoms with van der Waals surface area (Å²) in [6.45, 7) is 6.91. The highest BCUT2D eigenvalue weighted by Gasteiger charge is 2.24. The number of amides is 1. The van der Waals surface area contributed by atoms with E-state index < -0.39 is 17.4 Å². The van der Waals surface area contributed by atoms with Crippen LogP contribution in [-0.2, 0) is 16.1 Å². The Kier molecular flexibility index (Phi) is 5.30. The molecule has 10 heteroatoms. The van der Waals surface area contributed by atoms with Crippen molar-refractivity contribution < 1.29 is 23.3 Å². The topological polar surface area (TPSA) is 129 Å². The summed E-state index contributed by atoms with van der Waals surface area (Å²) in [7, 11) is 0. The molecule has 0 aliphatic rings. The Hall–Kier alpha value is -3.43. The minimum Gasteiger partial charge on any atom is -0.462 e. The van der Waals surface area contributed by atoms with Crippen LogP contribution in [0.2, 0.25) is 0 Å². The van der Waals surface area contributed by atoms with E-state index in [0.29, 0.717) is 5.69 Å². The first-order valence-electron chi connectivity index (χ1n) is 8.73. The molecule has 0 saturated carbocycles. The molecule has 0 aliphatic carbocycles. The van der Waals surface area contributed by atoms with Crippen LogP contribution in [0, 0.1) is 6.92 Å². The molecular weight excluding hydrogens is 368 g/mol. The Morgan fingerprint density at radius 3 is 2.75 bits per heavy atom. The van der Waals surface area contributed by atoms with Crippen molar-refractivity contribution >= 4 is 28.9 Å². The second kappa shape index (κ2) is 7.67. The predicted molar refractivity (Wildman–Crippen MR) is 98.2 cm³/mol. The maximum atomic E-state index is 12.8. The van der Waals surface area contributed by atoms with Gasteiger partial charge in [0, 0.05) is 6.07 Å². The zero-order valence-corrected chi connectivity index (χ0v) is 15.9. The molecule has 10 nitrogen and oxygen atoms in total. The first kappa shape index (κ1) is 19.3. The summed E-state index contributed by atoms with van der Waals surface area (Å²) in [5.41, 5.74) is 0.143. The zero-order chi connectivity index (χ0) is 20.4. The summed E-state index contributed by atoms with van der Waals surface area (Å²) in [5, 5.41) is 6.36. The quantitative estimate of drug-likeness (QED) is 0.636. The van der Waals surface area contributed by atoms with E-state index in [1.54, 1.807) is 19.9 Å². The molecule has 0 aromatic carbocycles. The van der Waals surface area contributed by atoms with Gasteiger partial charge in [0.1, 0.15) is 29.6 Å². The standard InChI is InChI=1S/C18H20N4O6/c1-5-26-18(25)14-10(4)27-16-15(14)17(24)22(8-19-16)7-12(23)20-13-6-11(9(2)3)21-28-13/h6,8-9H,5,7H2,1-4H3,(H,20,23). The minimum atomic E-state index is -0.678. The largest absolute Gasteiger partial charge is 0.462 e. The Balaban J connectivity index is 1.87. The van der Waals surface area contributed by atoms with Crippen molar-refractivity contribution in [3.05, 3.63) is 39.8 Å². The van der Waals surface area contributed by atoms with Gasteiger partial charge >= 0.3 is 5.97 Å². The van der Waals surface area contributed by atoms with Gasteiger partial charge in [0.2, 0.25) is 17.5 Å². The van der Waals surface area contributed by atoms with Crippen LogP contribution in [0.15, 0.2) is 26.1 Å². The van der Waals surface area contributed by atoms with Gasteiger partial charge in [-0.15, -0.1) is 0 Å². The number of aryl methyl sites for hydroxylation is 1. The third kappa shape index (κ3) is 3.66. The fourth-order valence-electron chi connectivity index (χ4n) is 2.65. The van der Waals surface area contributed by atoms with E-state index in [1.807, 2.05) is 13.8 Å². The van der Waals surface area contributed by atoms with Gasteiger partial charge in [-0.05, 0) is 19.8 Å². The Morgan fingerprint density at radius 1 is 1.36 bits per heavy atom. The highest BCUT2D eigenvalue weighted by molar-refractivity contribution is 6.03. The molecule has 0 radical (unpaired) electrons. The number of anilines is 1. The summed E-state index contributed by atoms with van der Waals surface area (Å²) in [6.07, 6.45) is 1.18. The lowest BCUT2D eigenvalue weighted by molar-refractivity contribution is -0.116. The van der Waals surface area contributed by atoms with Crippen LogP contribution in [0.5, 0.6) is 0 Å². The Bertz CT molecular complexity index is 1090. The molecule has 3 heterocycles. The minimum absolute atomic E-state index is 0.0130. The lowest BCUT2D eigenvalue weighted by Crippen LogP contribution is -2.28. The van der Waals surface area contributed by atoms with E-state index in [9.17, 15) is 14.4 Å². The number of aromatic nitrogens is 3. The van der Waals surface area contributed by atoms with Crippen LogP contribution in [0.4, 0.5) is 5.88 Å². The van der Waals surface area contributed by atoms with Crippen molar-refractivity contribution in [2.24, 2.45) is 0 Å². The SMILES string of the molecule is CCOC(=O)c1c(C)oc2ncn(CC(=O)Nc3cc(C(C)C)no3)c(=O)c12. The molecule has 0 fully saturated rings. The first-order valence-corrected chi connectivity index (χ1v) is 8.73. The highest BCUT2D eigenvalue weighted by Crippen LogP contribution is 2.22. The maximum Gasteiger partial charge on any atom is 0.342 e. The number of carbonyl (C=O) groups excluding carboxylic acids is 2. The number of rotatable bonds is 6. The molecule has 0 atom stereocenters. The van der Waals surface area contributed by atoms with Gasteiger partial charge in [-0.2, -0.15) is 0 Å². The summed E-state index contributed by atoms with van der Waals surface area (Å²) >= 11 is 0. The van der Waals surface area contributed by atoms with Crippen molar-refractivity contribution in [2.75, 3.05) is 11.9 Å². The fourth-order valence-corrected chi connectivity index (χ4v) is 2.65. The second-order valence-corrected chi connectivity index (χ2v) is 6.43. The second-order valence-electron chi connectivity index (χ2n) is 6.43. The number of hydrogen-bond acceptors (Lipinski definition) is 8. The van der Waals surface area contributed by atoms with E-state index in [2.05, 4.69) is 15.5 Å². The molecule has 0 aliphatic heterocycles. The normalized spacial score (nSPS) is 11.2. The number of hydrogen-bond donors (Lipinski definition) is 1. The molecule has 148 valence electrons. The molecule has 3 aromatic heterocycles. The Morgan fingerprint density at radius 2 is 2.11 bits per heavy atom. The molecule has 0 saturated heterocycles. The van der Waals surface area contributed by atoms with Crippen molar-refractivity contribution in [1.82, 2.24) is 14.7 Å². The number of nitrogens with zero attached hydrogens (tertiary/aromatic N) is 3. The number of carbonyl (C=O) groups is 2. The molecule has 0 unspecified atom stereocenters. The van der Waals surface area contributed by atoms with Crippen molar-refractivity contribution in [1.29, 1.82) is 0 Å². The van der Waals surface area contributed by atoms with E-state index >= 15 is 0 Å².